The Morgan fingerprint density at radius 2 is 2.25 bits per heavy atom. The number of halogens is 1. The van der Waals surface area contributed by atoms with Crippen LogP contribution < -0.4 is 14.8 Å². The van der Waals surface area contributed by atoms with E-state index in [1.54, 1.807) is 24.3 Å². The summed E-state index contributed by atoms with van der Waals surface area (Å²) >= 11 is 0. The monoisotopic (exact) mass is 280 g/mol. The lowest BCUT2D eigenvalue weighted by Crippen LogP contribution is -2.33. The maximum Gasteiger partial charge on any atom is 0.255 e. The quantitative estimate of drug-likeness (QED) is 0.770. The van der Waals surface area contributed by atoms with Crippen molar-refractivity contribution in [1.82, 2.24) is 5.32 Å². The predicted molar refractivity (Wildman–Crippen MR) is 71.4 cm³/mol. The van der Waals surface area contributed by atoms with Crippen molar-refractivity contribution in [2.24, 2.45) is 0 Å². The number of hydrogen-bond acceptors (Lipinski definition) is 4. The van der Waals surface area contributed by atoms with Gasteiger partial charge in [0.25, 0.3) is 5.91 Å². The summed E-state index contributed by atoms with van der Waals surface area (Å²) < 4.78 is 24.2. The van der Waals surface area contributed by atoms with Gasteiger partial charge in [0.05, 0.1) is 19.8 Å². The summed E-state index contributed by atoms with van der Waals surface area (Å²) in [5.41, 5.74) is 0.616. The van der Waals surface area contributed by atoms with Crippen molar-refractivity contribution in [3.05, 3.63) is 23.8 Å². The molecule has 0 aliphatic rings. The van der Waals surface area contributed by atoms with E-state index < -0.39 is 12.1 Å². The third-order valence-electron chi connectivity index (χ3n) is 2.57. The minimum atomic E-state index is -1.70. The second-order valence-corrected chi connectivity index (χ2v) is 3.97. The number of amides is 1. The number of alkyl halides is 1. The fourth-order valence-corrected chi connectivity index (χ4v) is 1.65. The molecular formula is C14H17FN2O3. The largest absolute Gasteiger partial charge is 0.493 e. The van der Waals surface area contributed by atoms with Crippen LogP contribution in [0.2, 0.25) is 0 Å². The second-order valence-electron chi connectivity index (χ2n) is 3.97. The van der Waals surface area contributed by atoms with E-state index in [0.717, 1.165) is 0 Å². The smallest absolute Gasteiger partial charge is 0.255 e. The van der Waals surface area contributed by atoms with Crippen molar-refractivity contribution in [3.63, 3.8) is 0 Å². The second kappa shape index (κ2) is 8.00. The predicted octanol–water partition coefficient (Wildman–Crippen LogP) is 1.61. The number of carbonyl (C=O) groups excluding carboxylic acids is 1. The number of nitrogens with one attached hydrogen (secondary N) is 1. The van der Waals surface area contributed by atoms with Crippen LogP contribution >= 0.6 is 0 Å². The first-order valence-electron chi connectivity index (χ1n) is 6.20. The first kappa shape index (κ1) is 15.8. The van der Waals surface area contributed by atoms with Crippen molar-refractivity contribution >= 4 is 5.91 Å². The Morgan fingerprint density at radius 1 is 1.50 bits per heavy atom. The summed E-state index contributed by atoms with van der Waals surface area (Å²) in [5.74, 6) is 0.275. The van der Waals surface area contributed by atoms with Crippen LogP contribution in [-0.2, 0) is 11.2 Å². The van der Waals surface area contributed by atoms with Gasteiger partial charge in [0, 0.05) is 6.42 Å². The number of benzene rings is 1. The van der Waals surface area contributed by atoms with Crippen molar-refractivity contribution < 1.29 is 18.7 Å². The van der Waals surface area contributed by atoms with Gasteiger partial charge in [-0.1, -0.05) is 6.07 Å². The summed E-state index contributed by atoms with van der Waals surface area (Å²) in [6.45, 7) is 2.15. The Labute approximate surface area is 117 Å². The molecule has 1 rings (SSSR count). The van der Waals surface area contributed by atoms with Crippen molar-refractivity contribution in [2.45, 2.75) is 19.5 Å². The van der Waals surface area contributed by atoms with Crippen LogP contribution in [0.1, 0.15) is 12.5 Å². The molecule has 1 amide bonds. The summed E-state index contributed by atoms with van der Waals surface area (Å²) in [5, 5.41) is 10.5. The molecular weight excluding hydrogens is 263 g/mol. The molecule has 0 aliphatic carbocycles. The normalized spacial score (nSPS) is 11.3. The SMILES string of the molecule is CCOc1ccc(CC(F)C(=O)NCC#N)cc1OC. The molecule has 1 aromatic carbocycles. The number of carbonyl (C=O) groups is 1. The lowest BCUT2D eigenvalue weighted by atomic mass is 10.1. The Kier molecular flexibility index (Phi) is 6.30. The highest BCUT2D eigenvalue weighted by Gasteiger charge is 2.18. The van der Waals surface area contributed by atoms with Crippen molar-refractivity contribution in [2.75, 3.05) is 20.3 Å². The van der Waals surface area contributed by atoms with Gasteiger partial charge in [-0.15, -0.1) is 0 Å². The Balaban J connectivity index is 2.73. The van der Waals surface area contributed by atoms with Crippen LogP contribution in [0, 0.1) is 11.3 Å². The lowest BCUT2D eigenvalue weighted by Gasteiger charge is -2.12. The Morgan fingerprint density at radius 3 is 2.85 bits per heavy atom. The Bertz CT molecular complexity index is 500. The highest BCUT2D eigenvalue weighted by molar-refractivity contribution is 5.81. The van der Waals surface area contributed by atoms with E-state index in [-0.39, 0.29) is 13.0 Å². The number of nitriles is 1. The average Bonchev–Trinajstić information content (AvgIpc) is 2.46. The molecule has 20 heavy (non-hydrogen) atoms. The molecule has 0 aromatic heterocycles. The molecule has 1 N–H and O–H groups in total. The van der Waals surface area contributed by atoms with Crippen LogP contribution in [0.15, 0.2) is 18.2 Å². The minimum Gasteiger partial charge on any atom is -0.493 e. The lowest BCUT2D eigenvalue weighted by molar-refractivity contribution is -0.125. The number of ether oxygens (including phenoxy) is 2. The van der Waals surface area contributed by atoms with Gasteiger partial charge >= 0.3 is 0 Å². The number of rotatable bonds is 7. The van der Waals surface area contributed by atoms with Gasteiger partial charge in [0.2, 0.25) is 0 Å². The van der Waals surface area contributed by atoms with E-state index in [0.29, 0.717) is 23.7 Å². The van der Waals surface area contributed by atoms with Gasteiger partial charge in [-0.2, -0.15) is 5.26 Å². The molecule has 0 spiro atoms. The molecule has 1 aromatic rings. The fourth-order valence-electron chi connectivity index (χ4n) is 1.65. The van der Waals surface area contributed by atoms with Crippen molar-refractivity contribution in [3.8, 4) is 17.6 Å². The molecule has 6 heteroatoms. The van der Waals surface area contributed by atoms with Crippen molar-refractivity contribution in [1.29, 1.82) is 5.26 Å². The van der Waals surface area contributed by atoms with E-state index in [9.17, 15) is 9.18 Å². The van der Waals surface area contributed by atoms with E-state index in [2.05, 4.69) is 5.32 Å². The third kappa shape index (κ3) is 4.43. The maximum atomic E-state index is 13.7. The van der Waals surface area contributed by atoms with Gasteiger partial charge in [-0.05, 0) is 24.6 Å². The van der Waals surface area contributed by atoms with E-state index in [1.807, 2.05) is 6.92 Å². The number of nitrogens with zero attached hydrogens (tertiary/aromatic N) is 1. The van der Waals surface area contributed by atoms with Crippen LogP contribution in [0.4, 0.5) is 4.39 Å². The van der Waals surface area contributed by atoms with Crippen LogP contribution in [-0.4, -0.2) is 32.3 Å². The van der Waals surface area contributed by atoms with Crippen LogP contribution in [0.25, 0.3) is 0 Å². The average molecular weight is 280 g/mol. The summed E-state index contributed by atoms with van der Waals surface area (Å²) in [7, 11) is 1.49. The Hall–Kier alpha value is -2.29. The minimum absolute atomic E-state index is 0.0833. The van der Waals surface area contributed by atoms with Gasteiger partial charge in [0.1, 0.15) is 6.54 Å². The summed E-state index contributed by atoms with van der Waals surface area (Å²) in [6.07, 6.45) is -1.79. The molecule has 1 unspecified atom stereocenters. The molecule has 5 nitrogen and oxygen atoms in total. The van der Waals surface area contributed by atoms with Gasteiger partial charge in [-0.25, -0.2) is 4.39 Å². The van der Waals surface area contributed by atoms with Gasteiger partial charge in [-0.3, -0.25) is 4.79 Å². The standard InChI is InChI=1S/C14H17FN2O3/c1-3-20-12-5-4-10(9-13(12)19-2)8-11(15)14(18)17-7-6-16/h4-5,9,11H,3,7-8H2,1-2H3,(H,17,18). The van der Waals surface area contributed by atoms with E-state index in [4.69, 9.17) is 14.7 Å². The molecule has 1 atom stereocenters. The zero-order valence-corrected chi connectivity index (χ0v) is 11.5. The molecule has 0 saturated carbocycles. The topological polar surface area (TPSA) is 71.3 Å². The number of hydrogen-bond donors (Lipinski definition) is 1. The molecule has 0 heterocycles. The van der Waals surface area contributed by atoms with Gasteiger partial charge < -0.3 is 14.8 Å². The number of methoxy groups -OCH3 is 1. The molecule has 0 bridgehead atoms. The highest BCUT2D eigenvalue weighted by atomic mass is 19.1. The molecule has 0 fully saturated rings. The van der Waals surface area contributed by atoms with Crippen LogP contribution in [0.3, 0.4) is 0 Å². The highest BCUT2D eigenvalue weighted by Crippen LogP contribution is 2.28. The zero-order chi connectivity index (χ0) is 15.0. The van der Waals surface area contributed by atoms with E-state index >= 15 is 0 Å². The molecule has 0 saturated heterocycles. The first-order chi connectivity index (χ1) is 9.62. The molecule has 108 valence electrons. The maximum absolute atomic E-state index is 13.7. The molecule has 0 aliphatic heterocycles. The summed E-state index contributed by atoms with van der Waals surface area (Å²) in [4.78, 5) is 11.3. The molecule has 0 radical (unpaired) electrons. The fraction of sp³-hybridized carbons (Fsp3) is 0.429. The van der Waals surface area contributed by atoms with Gasteiger partial charge in [0.15, 0.2) is 17.7 Å². The summed E-state index contributed by atoms with van der Waals surface area (Å²) in [6, 6.07) is 6.71. The van der Waals surface area contributed by atoms with Crippen LogP contribution in [0.5, 0.6) is 11.5 Å². The zero-order valence-electron chi connectivity index (χ0n) is 11.5. The van der Waals surface area contributed by atoms with E-state index in [1.165, 1.54) is 7.11 Å². The third-order valence-corrected chi connectivity index (χ3v) is 2.57. The first-order valence-corrected chi connectivity index (χ1v) is 6.20.